The summed E-state index contributed by atoms with van der Waals surface area (Å²) in [6.07, 6.45) is 0. The number of anilines is 3. The number of para-hydroxylation sites is 2. The summed E-state index contributed by atoms with van der Waals surface area (Å²) >= 11 is 0. The lowest BCUT2D eigenvalue weighted by Crippen LogP contribution is -2.36. The average molecular weight is 308 g/mol. The van der Waals surface area contributed by atoms with Crippen molar-refractivity contribution in [3.63, 3.8) is 0 Å². The third-order valence-corrected chi connectivity index (χ3v) is 3.60. The van der Waals surface area contributed by atoms with Crippen molar-refractivity contribution in [3.8, 4) is 5.75 Å². The van der Waals surface area contributed by atoms with Crippen LogP contribution in [-0.2, 0) is 6.54 Å². The fraction of sp³-hybridized carbons (Fsp3) is 0.111. The van der Waals surface area contributed by atoms with Gasteiger partial charge in [-0.1, -0.05) is 36.4 Å². The topological polar surface area (TPSA) is 67.4 Å². The highest BCUT2D eigenvalue weighted by molar-refractivity contribution is 5.78. The zero-order valence-corrected chi connectivity index (χ0v) is 12.6. The van der Waals surface area contributed by atoms with Crippen molar-refractivity contribution in [2.24, 2.45) is 0 Å². The van der Waals surface area contributed by atoms with Gasteiger partial charge in [-0.3, -0.25) is 9.59 Å². The molecule has 0 aliphatic rings. The SMILES string of the molecule is COc1ccccc1CNc1c(Nc2ccccc2)c(=O)c1=O. The third kappa shape index (κ3) is 2.94. The van der Waals surface area contributed by atoms with Crippen LogP contribution in [0.1, 0.15) is 5.56 Å². The highest BCUT2D eigenvalue weighted by Crippen LogP contribution is 2.23. The Morgan fingerprint density at radius 1 is 0.870 bits per heavy atom. The van der Waals surface area contributed by atoms with Crippen molar-refractivity contribution in [1.82, 2.24) is 0 Å². The lowest BCUT2D eigenvalue weighted by Gasteiger charge is -2.16. The predicted octanol–water partition coefficient (Wildman–Crippen LogP) is 2.65. The highest BCUT2D eigenvalue weighted by atomic mass is 16.5. The second-order valence-electron chi connectivity index (χ2n) is 5.06. The van der Waals surface area contributed by atoms with Gasteiger partial charge in [0.15, 0.2) is 0 Å². The summed E-state index contributed by atoms with van der Waals surface area (Å²) in [5.74, 6) is 0.733. The summed E-state index contributed by atoms with van der Waals surface area (Å²) < 4.78 is 5.28. The molecule has 0 unspecified atom stereocenters. The van der Waals surface area contributed by atoms with Crippen molar-refractivity contribution >= 4 is 17.1 Å². The lowest BCUT2D eigenvalue weighted by molar-refractivity contribution is 0.410. The third-order valence-electron chi connectivity index (χ3n) is 3.60. The van der Waals surface area contributed by atoms with E-state index in [4.69, 9.17) is 4.74 Å². The molecule has 3 rings (SSSR count). The summed E-state index contributed by atoms with van der Waals surface area (Å²) in [7, 11) is 1.60. The summed E-state index contributed by atoms with van der Waals surface area (Å²) in [4.78, 5) is 23.6. The number of benzene rings is 2. The molecule has 0 atom stereocenters. The molecule has 3 aromatic rings. The molecule has 0 saturated heterocycles. The molecule has 0 heterocycles. The molecule has 116 valence electrons. The number of nitrogens with one attached hydrogen (secondary N) is 2. The monoisotopic (exact) mass is 308 g/mol. The zero-order chi connectivity index (χ0) is 16.2. The summed E-state index contributed by atoms with van der Waals surface area (Å²) in [5, 5.41) is 6.02. The van der Waals surface area contributed by atoms with Crippen LogP contribution in [-0.4, -0.2) is 7.11 Å². The Kier molecular flexibility index (Phi) is 4.10. The first-order valence-electron chi connectivity index (χ1n) is 7.22. The van der Waals surface area contributed by atoms with E-state index in [1.165, 1.54) is 0 Å². The lowest BCUT2D eigenvalue weighted by atomic mass is 10.1. The first kappa shape index (κ1) is 14.8. The summed E-state index contributed by atoms with van der Waals surface area (Å²) in [6, 6.07) is 16.8. The second kappa shape index (κ2) is 6.36. The van der Waals surface area contributed by atoms with E-state index in [2.05, 4.69) is 10.6 Å². The van der Waals surface area contributed by atoms with E-state index in [-0.39, 0.29) is 0 Å². The first-order chi connectivity index (χ1) is 11.2. The van der Waals surface area contributed by atoms with Crippen LogP contribution in [0.15, 0.2) is 64.2 Å². The maximum absolute atomic E-state index is 11.8. The molecule has 0 fully saturated rings. The van der Waals surface area contributed by atoms with Crippen LogP contribution in [0.2, 0.25) is 0 Å². The number of hydrogen-bond acceptors (Lipinski definition) is 5. The standard InChI is InChI=1S/C18H16N2O3/c1-23-14-10-6-5-7-12(14)11-19-15-16(18(22)17(15)21)20-13-8-3-2-4-9-13/h2-10,19-20H,11H2,1H3. The second-order valence-corrected chi connectivity index (χ2v) is 5.06. The molecule has 0 saturated carbocycles. The molecule has 0 bridgehead atoms. The Hall–Kier alpha value is -3.08. The van der Waals surface area contributed by atoms with Gasteiger partial charge in [-0.05, 0) is 18.2 Å². The van der Waals surface area contributed by atoms with Crippen molar-refractivity contribution in [3.05, 3.63) is 80.6 Å². The molecule has 5 heteroatoms. The van der Waals surface area contributed by atoms with Crippen LogP contribution in [0.5, 0.6) is 5.75 Å². The molecule has 0 aliphatic carbocycles. The Bertz CT molecular complexity index is 881. The Morgan fingerprint density at radius 3 is 2.26 bits per heavy atom. The van der Waals surface area contributed by atoms with Gasteiger partial charge in [-0.25, -0.2) is 0 Å². The van der Waals surface area contributed by atoms with E-state index in [1.54, 1.807) is 7.11 Å². The van der Waals surface area contributed by atoms with Crippen LogP contribution < -0.4 is 26.2 Å². The molecule has 23 heavy (non-hydrogen) atoms. The number of methoxy groups -OCH3 is 1. The Balaban J connectivity index is 1.78. The van der Waals surface area contributed by atoms with E-state index in [0.717, 1.165) is 17.0 Å². The molecule has 0 spiro atoms. The summed E-state index contributed by atoms with van der Waals surface area (Å²) in [6.45, 7) is 0.401. The van der Waals surface area contributed by atoms with Gasteiger partial charge < -0.3 is 15.4 Å². The van der Waals surface area contributed by atoms with Gasteiger partial charge in [-0.2, -0.15) is 0 Å². The number of rotatable bonds is 6. The van der Waals surface area contributed by atoms with E-state index in [0.29, 0.717) is 17.9 Å². The minimum absolute atomic E-state index is 0.302. The van der Waals surface area contributed by atoms with Crippen molar-refractivity contribution < 1.29 is 4.74 Å². The van der Waals surface area contributed by atoms with Crippen LogP contribution in [0.25, 0.3) is 0 Å². The van der Waals surface area contributed by atoms with Gasteiger partial charge in [0.1, 0.15) is 17.1 Å². The highest BCUT2D eigenvalue weighted by Gasteiger charge is 2.21. The van der Waals surface area contributed by atoms with E-state index in [1.807, 2.05) is 54.6 Å². The van der Waals surface area contributed by atoms with Gasteiger partial charge in [0, 0.05) is 17.8 Å². The van der Waals surface area contributed by atoms with Crippen molar-refractivity contribution in [1.29, 1.82) is 0 Å². The van der Waals surface area contributed by atoms with Gasteiger partial charge in [0.25, 0.3) is 10.9 Å². The Labute approximate surface area is 133 Å². The molecule has 0 aliphatic heterocycles. The number of hydrogen-bond donors (Lipinski definition) is 2. The normalized spacial score (nSPS) is 10.5. The van der Waals surface area contributed by atoms with E-state index < -0.39 is 10.9 Å². The van der Waals surface area contributed by atoms with Crippen LogP contribution in [0.4, 0.5) is 17.1 Å². The smallest absolute Gasteiger partial charge is 0.253 e. The maximum atomic E-state index is 11.8. The van der Waals surface area contributed by atoms with Gasteiger partial charge >= 0.3 is 0 Å². The van der Waals surface area contributed by atoms with Gasteiger partial charge in [-0.15, -0.1) is 0 Å². The molecule has 2 N–H and O–H groups in total. The minimum atomic E-state index is -0.503. The van der Waals surface area contributed by atoms with Crippen LogP contribution in [0.3, 0.4) is 0 Å². The van der Waals surface area contributed by atoms with Gasteiger partial charge in [0.2, 0.25) is 0 Å². The molecular formula is C18H16N2O3. The minimum Gasteiger partial charge on any atom is -0.496 e. The maximum Gasteiger partial charge on any atom is 0.253 e. The predicted molar refractivity (Wildman–Crippen MR) is 91.4 cm³/mol. The molecule has 5 nitrogen and oxygen atoms in total. The fourth-order valence-corrected chi connectivity index (χ4v) is 2.38. The molecule has 0 amide bonds. The van der Waals surface area contributed by atoms with Crippen molar-refractivity contribution in [2.75, 3.05) is 17.7 Å². The van der Waals surface area contributed by atoms with Crippen molar-refractivity contribution in [2.45, 2.75) is 6.54 Å². The van der Waals surface area contributed by atoms with E-state index >= 15 is 0 Å². The summed E-state index contributed by atoms with van der Waals surface area (Å²) in [5.41, 5.74) is 1.28. The Morgan fingerprint density at radius 2 is 1.52 bits per heavy atom. The zero-order valence-electron chi connectivity index (χ0n) is 12.6. The van der Waals surface area contributed by atoms with E-state index in [9.17, 15) is 9.59 Å². The first-order valence-corrected chi connectivity index (χ1v) is 7.22. The van der Waals surface area contributed by atoms with Crippen LogP contribution >= 0.6 is 0 Å². The molecule has 3 aromatic carbocycles. The average Bonchev–Trinajstić information content (AvgIpc) is 2.61. The quantitative estimate of drug-likeness (QED) is 0.685. The number of ether oxygens (including phenoxy) is 1. The fourth-order valence-electron chi connectivity index (χ4n) is 2.38. The molecular weight excluding hydrogens is 292 g/mol. The van der Waals surface area contributed by atoms with Crippen LogP contribution in [0, 0.1) is 0 Å². The van der Waals surface area contributed by atoms with Gasteiger partial charge in [0.05, 0.1) is 7.11 Å². The molecule has 0 radical (unpaired) electrons. The largest absolute Gasteiger partial charge is 0.496 e. The molecule has 0 aromatic heterocycles.